The minimum Gasteiger partial charge on any atom is -0.386 e. The van der Waals surface area contributed by atoms with Crippen LogP contribution in [0.4, 0.5) is 5.95 Å². The molecule has 2 saturated heterocycles. The van der Waals surface area contributed by atoms with Gasteiger partial charge >= 0.3 is 0 Å². The van der Waals surface area contributed by atoms with Gasteiger partial charge in [-0.2, -0.15) is 0 Å². The predicted molar refractivity (Wildman–Crippen MR) is 118 cm³/mol. The van der Waals surface area contributed by atoms with Gasteiger partial charge in [0, 0.05) is 11.8 Å². The van der Waals surface area contributed by atoms with E-state index in [-0.39, 0.29) is 12.1 Å². The number of halogens is 1. The Morgan fingerprint density at radius 3 is 2.87 bits per heavy atom. The third-order valence-corrected chi connectivity index (χ3v) is 7.23. The number of rotatable bonds is 4. The van der Waals surface area contributed by atoms with Gasteiger partial charge in [0.2, 0.25) is 5.95 Å². The quantitative estimate of drug-likeness (QED) is 0.542. The fourth-order valence-electron chi connectivity index (χ4n) is 3.95. The summed E-state index contributed by atoms with van der Waals surface area (Å²) >= 11 is 7.99. The van der Waals surface area contributed by atoms with Crippen LogP contribution in [-0.2, 0) is 15.1 Å². The van der Waals surface area contributed by atoms with Crippen molar-refractivity contribution in [3.05, 3.63) is 34.6 Å². The number of hydrogen-bond acceptors (Lipinski definition) is 9. The van der Waals surface area contributed by atoms with Crippen LogP contribution in [0.1, 0.15) is 31.4 Å². The highest BCUT2D eigenvalue weighted by Gasteiger charge is 2.43. The van der Waals surface area contributed by atoms with E-state index in [1.807, 2.05) is 13.0 Å². The third kappa shape index (κ3) is 3.79. The summed E-state index contributed by atoms with van der Waals surface area (Å²) < 4.78 is 12.0. The summed E-state index contributed by atoms with van der Waals surface area (Å²) in [5.41, 5.74) is 2.19. The second-order valence-corrected chi connectivity index (χ2v) is 9.97. The van der Waals surface area contributed by atoms with Gasteiger partial charge in [0.15, 0.2) is 6.29 Å². The van der Waals surface area contributed by atoms with Gasteiger partial charge in [0.1, 0.15) is 11.8 Å². The van der Waals surface area contributed by atoms with Crippen molar-refractivity contribution in [2.24, 2.45) is 0 Å². The van der Waals surface area contributed by atoms with E-state index in [1.165, 1.54) is 11.3 Å². The normalized spacial score (nSPS) is 25.9. The molecular formula is C21H23ClN4O4S. The molecule has 0 aromatic carbocycles. The van der Waals surface area contributed by atoms with Crippen LogP contribution in [0.5, 0.6) is 0 Å². The average Bonchev–Trinajstić information content (AvgIpc) is 3.28. The molecule has 31 heavy (non-hydrogen) atoms. The van der Waals surface area contributed by atoms with Crippen LogP contribution in [0, 0.1) is 6.92 Å². The Balaban J connectivity index is 1.49. The van der Waals surface area contributed by atoms with Crippen LogP contribution in [-0.4, -0.2) is 56.3 Å². The SMILES string of the molecule is Cc1c(-c2nc(N[C@@H]3C[C@H]4CO[C@H](O4)[C@H]3O)ncc2Cl)sc2cc(C(C)(C)O)cnc12. The number of nitrogens with one attached hydrogen (secondary N) is 1. The second-order valence-electron chi connectivity index (χ2n) is 8.51. The molecule has 5 heterocycles. The fraction of sp³-hybridized carbons (Fsp3) is 0.476. The molecule has 5 rings (SSSR count). The van der Waals surface area contributed by atoms with Crippen molar-refractivity contribution >= 4 is 39.1 Å². The van der Waals surface area contributed by atoms with Crippen molar-refractivity contribution < 1.29 is 19.7 Å². The first-order valence-electron chi connectivity index (χ1n) is 10.1. The molecule has 2 aliphatic heterocycles. The summed E-state index contributed by atoms with van der Waals surface area (Å²) in [6, 6.07) is 1.67. The van der Waals surface area contributed by atoms with E-state index >= 15 is 0 Å². The fourth-order valence-corrected chi connectivity index (χ4v) is 5.40. The van der Waals surface area contributed by atoms with E-state index in [2.05, 4.69) is 20.3 Å². The number of pyridine rings is 1. The molecule has 2 fully saturated rings. The summed E-state index contributed by atoms with van der Waals surface area (Å²) in [4.78, 5) is 14.4. The maximum atomic E-state index is 10.5. The van der Waals surface area contributed by atoms with E-state index in [0.29, 0.717) is 29.7 Å². The summed E-state index contributed by atoms with van der Waals surface area (Å²) in [6.07, 6.45) is 2.38. The molecule has 0 spiro atoms. The van der Waals surface area contributed by atoms with Gasteiger partial charge in [-0.1, -0.05) is 11.6 Å². The Morgan fingerprint density at radius 1 is 1.29 bits per heavy atom. The van der Waals surface area contributed by atoms with Crippen molar-refractivity contribution in [2.75, 3.05) is 11.9 Å². The van der Waals surface area contributed by atoms with Crippen molar-refractivity contribution in [3.63, 3.8) is 0 Å². The highest BCUT2D eigenvalue weighted by Crippen LogP contribution is 2.40. The van der Waals surface area contributed by atoms with Crippen LogP contribution in [0.25, 0.3) is 20.8 Å². The number of hydrogen-bond donors (Lipinski definition) is 3. The van der Waals surface area contributed by atoms with E-state index in [1.54, 1.807) is 26.2 Å². The molecule has 3 aromatic heterocycles. The van der Waals surface area contributed by atoms with Crippen LogP contribution >= 0.6 is 22.9 Å². The van der Waals surface area contributed by atoms with Crippen molar-refractivity contribution in [1.82, 2.24) is 15.0 Å². The number of aliphatic hydroxyl groups excluding tert-OH is 1. The van der Waals surface area contributed by atoms with Gasteiger partial charge in [-0.3, -0.25) is 4.98 Å². The van der Waals surface area contributed by atoms with Crippen LogP contribution in [0.2, 0.25) is 5.02 Å². The van der Waals surface area contributed by atoms with Crippen LogP contribution in [0.15, 0.2) is 18.5 Å². The van der Waals surface area contributed by atoms with E-state index in [4.69, 9.17) is 21.1 Å². The number of nitrogens with zero attached hydrogens (tertiary/aromatic N) is 3. The monoisotopic (exact) mass is 462 g/mol. The van der Waals surface area contributed by atoms with E-state index in [0.717, 1.165) is 26.2 Å². The molecule has 164 valence electrons. The van der Waals surface area contributed by atoms with Crippen LogP contribution < -0.4 is 5.32 Å². The summed E-state index contributed by atoms with van der Waals surface area (Å²) in [5, 5.41) is 24.4. The lowest BCUT2D eigenvalue weighted by molar-refractivity contribution is -0.156. The predicted octanol–water partition coefficient (Wildman–Crippen LogP) is 3.23. The second kappa shape index (κ2) is 7.61. The van der Waals surface area contributed by atoms with Crippen molar-refractivity contribution in [2.45, 2.75) is 57.3 Å². The Kier molecular flexibility index (Phi) is 5.16. The molecule has 2 aliphatic rings. The summed E-state index contributed by atoms with van der Waals surface area (Å²) in [5.74, 6) is 0.381. The first kappa shape index (κ1) is 21.0. The van der Waals surface area contributed by atoms with E-state index < -0.39 is 18.0 Å². The Hall–Kier alpha value is -1.88. The molecule has 10 heteroatoms. The number of aromatic nitrogens is 3. The lowest BCUT2D eigenvalue weighted by Gasteiger charge is -2.32. The average molecular weight is 463 g/mol. The maximum Gasteiger partial charge on any atom is 0.223 e. The Morgan fingerprint density at radius 2 is 2.10 bits per heavy atom. The van der Waals surface area contributed by atoms with Gasteiger partial charge in [-0.05, 0) is 38.8 Å². The standard InChI is InChI=1S/C21H23ClN4O4S/c1-9-15-14(4-10(6-23-15)21(2,3)28)31-18(9)16-12(22)7-24-20(26-16)25-13-5-11-8-29-19(30-11)17(13)27/h4,6-7,11,13,17,19,27-28H,5,8H2,1-3H3,(H,24,25,26)/t11-,13+,17-,19+/m0/s1. The first-order valence-corrected chi connectivity index (χ1v) is 11.3. The lowest BCUT2D eigenvalue weighted by Crippen LogP contribution is -2.48. The largest absolute Gasteiger partial charge is 0.386 e. The van der Waals surface area contributed by atoms with Gasteiger partial charge < -0.3 is 25.0 Å². The molecule has 3 N–H and O–H groups in total. The number of thiophene rings is 1. The van der Waals surface area contributed by atoms with Gasteiger partial charge in [-0.15, -0.1) is 11.3 Å². The zero-order valence-electron chi connectivity index (χ0n) is 17.3. The van der Waals surface area contributed by atoms with Gasteiger partial charge in [0.05, 0.1) is 50.7 Å². The number of ether oxygens (including phenoxy) is 2. The van der Waals surface area contributed by atoms with Crippen LogP contribution in [0.3, 0.4) is 0 Å². The highest BCUT2D eigenvalue weighted by atomic mass is 35.5. The lowest BCUT2D eigenvalue weighted by atomic mass is 10.0. The molecule has 2 bridgehead atoms. The van der Waals surface area contributed by atoms with Gasteiger partial charge in [-0.25, -0.2) is 9.97 Å². The number of anilines is 1. The van der Waals surface area contributed by atoms with Gasteiger partial charge in [0.25, 0.3) is 0 Å². The maximum absolute atomic E-state index is 10.5. The first-order chi connectivity index (χ1) is 14.7. The number of fused-ring (bicyclic) bond motifs is 3. The zero-order chi connectivity index (χ0) is 21.9. The summed E-state index contributed by atoms with van der Waals surface area (Å²) in [7, 11) is 0. The highest BCUT2D eigenvalue weighted by molar-refractivity contribution is 7.22. The zero-order valence-corrected chi connectivity index (χ0v) is 18.9. The molecule has 0 radical (unpaired) electrons. The molecular weight excluding hydrogens is 440 g/mol. The molecule has 8 nitrogen and oxygen atoms in total. The molecule has 3 aromatic rings. The smallest absolute Gasteiger partial charge is 0.223 e. The molecule has 0 unspecified atom stereocenters. The summed E-state index contributed by atoms with van der Waals surface area (Å²) in [6.45, 7) is 5.93. The number of aryl methyl sites for hydroxylation is 1. The molecule has 4 atom stereocenters. The Labute approximate surface area is 188 Å². The van der Waals surface area contributed by atoms with E-state index in [9.17, 15) is 10.2 Å². The van der Waals surface area contributed by atoms with Crippen molar-refractivity contribution in [3.8, 4) is 10.6 Å². The Bertz CT molecular complexity index is 1150. The minimum atomic E-state index is -0.976. The molecule has 0 saturated carbocycles. The topological polar surface area (TPSA) is 110 Å². The third-order valence-electron chi connectivity index (χ3n) is 5.72. The minimum absolute atomic E-state index is 0.0430. The molecule has 0 amide bonds. The molecule has 0 aliphatic carbocycles. The van der Waals surface area contributed by atoms with Crippen molar-refractivity contribution in [1.29, 1.82) is 0 Å². The number of aliphatic hydroxyl groups is 2.